The zero-order valence-corrected chi connectivity index (χ0v) is 15.9. The summed E-state index contributed by atoms with van der Waals surface area (Å²) in [5, 5.41) is 16.1. The maximum atomic E-state index is 9.10. The Morgan fingerprint density at radius 3 is 2.15 bits per heavy atom. The Labute approximate surface area is 161 Å². The topological polar surface area (TPSA) is 77.8 Å². The molecule has 27 heavy (non-hydrogen) atoms. The highest BCUT2D eigenvalue weighted by atomic mass is 32.1. The van der Waals surface area contributed by atoms with Crippen molar-refractivity contribution in [1.29, 1.82) is 0 Å². The number of nitrogens with zero attached hydrogens (tertiary/aromatic N) is 1. The van der Waals surface area contributed by atoms with E-state index in [1.807, 2.05) is 11.3 Å². The van der Waals surface area contributed by atoms with Crippen LogP contribution < -0.4 is 0 Å². The molecule has 0 saturated heterocycles. The number of thiophene rings is 1. The third-order valence-corrected chi connectivity index (χ3v) is 4.74. The second-order valence-electron chi connectivity index (χ2n) is 5.98. The molecule has 0 fully saturated rings. The van der Waals surface area contributed by atoms with Gasteiger partial charge in [-0.15, -0.1) is 11.3 Å². The molecule has 0 saturated carbocycles. The SMILES string of the molecule is CN(C)CC=Cc1sc2ccccc2c1-c1ccccc1.O=C(O)C(=O)O. The first-order valence-electron chi connectivity index (χ1n) is 8.24. The van der Waals surface area contributed by atoms with Crippen LogP contribution in [0, 0.1) is 0 Å². The van der Waals surface area contributed by atoms with Crippen molar-refractivity contribution in [1.82, 2.24) is 4.90 Å². The number of carboxylic acid groups (broad SMARTS) is 2. The molecule has 0 bridgehead atoms. The predicted molar refractivity (Wildman–Crippen MR) is 110 cm³/mol. The third-order valence-electron chi connectivity index (χ3n) is 3.61. The number of aliphatic carboxylic acids is 2. The first-order chi connectivity index (χ1) is 12.9. The number of hydrogen-bond donors (Lipinski definition) is 2. The van der Waals surface area contributed by atoms with Gasteiger partial charge in [-0.3, -0.25) is 0 Å². The number of carboxylic acids is 2. The molecule has 5 nitrogen and oxygen atoms in total. The minimum Gasteiger partial charge on any atom is -0.473 e. The molecule has 1 aromatic heterocycles. The van der Waals surface area contributed by atoms with Crippen LogP contribution >= 0.6 is 11.3 Å². The molecular weight excluding hydrogens is 362 g/mol. The van der Waals surface area contributed by atoms with Crippen molar-refractivity contribution >= 4 is 39.4 Å². The fourth-order valence-electron chi connectivity index (χ4n) is 2.45. The molecule has 2 aromatic carbocycles. The van der Waals surface area contributed by atoms with Crippen LogP contribution in [0.2, 0.25) is 0 Å². The van der Waals surface area contributed by atoms with E-state index in [4.69, 9.17) is 19.8 Å². The fraction of sp³-hybridized carbons (Fsp3) is 0.143. The molecule has 0 atom stereocenters. The Bertz CT molecular complexity index is 933. The number of hydrogen-bond acceptors (Lipinski definition) is 4. The van der Waals surface area contributed by atoms with Gasteiger partial charge in [0.15, 0.2) is 0 Å². The van der Waals surface area contributed by atoms with Crippen LogP contribution in [0.3, 0.4) is 0 Å². The van der Waals surface area contributed by atoms with Gasteiger partial charge in [-0.25, -0.2) is 9.59 Å². The van der Waals surface area contributed by atoms with Gasteiger partial charge in [-0.05, 0) is 31.8 Å². The van der Waals surface area contributed by atoms with E-state index in [-0.39, 0.29) is 0 Å². The van der Waals surface area contributed by atoms with E-state index in [1.165, 1.54) is 26.1 Å². The third kappa shape index (κ3) is 5.77. The normalized spacial score (nSPS) is 10.8. The van der Waals surface area contributed by atoms with Gasteiger partial charge in [0, 0.05) is 27.1 Å². The summed E-state index contributed by atoms with van der Waals surface area (Å²) in [7, 11) is 4.18. The standard InChI is InChI=1S/C19H19NS.C2H2O4/c1-20(2)14-8-13-18-19(15-9-4-3-5-10-15)16-11-6-7-12-17(16)21-18;3-1(4)2(5)6/h3-13H,14H2,1-2H3;(H,3,4)(H,5,6). The van der Waals surface area contributed by atoms with Crippen LogP contribution in [0.5, 0.6) is 0 Å². The van der Waals surface area contributed by atoms with Gasteiger partial charge < -0.3 is 15.1 Å². The van der Waals surface area contributed by atoms with Gasteiger partial charge in [-0.2, -0.15) is 0 Å². The summed E-state index contributed by atoms with van der Waals surface area (Å²) in [4.78, 5) is 21.7. The van der Waals surface area contributed by atoms with Gasteiger partial charge in [-0.1, -0.05) is 54.6 Å². The number of benzene rings is 2. The molecule has 0 aliphatic rings. The highest BCUT2D eigenvalue weighted by Gasteiger charge is 2.11. The molecule has 0 amide bonds. The monoisotopic (exact) mass is 383 g/mol. The van der Waals surface area contributed by atoms with E-state index in [0.29, 0.717) is 0 Å². The summed E-state index contributed by atoms with van der Waals surface area (Å²) in [6, 6.07) is 19.3. The molecule has 3 aromatic rings. The van der Waals surface area contributed by atoms with E-state index in [1.54, 1.807) is 0 Å². The summed E-state index contributed by atoms with van der Waals surface area (Å²) in [6.45, 7) is 0.961. The van der Waals surface area contributed by atoms with Crippen molar-refractivity contribution in [2.24, 2.45) is 0 Å². The van der Waals surface area contributed by atoms with Crippen molar-refractivity contribution in [3.63, 3.8) is 0 Å². The van der Waals surface area contributed by atoms with Crippen molar-refractivity contribution in [2.75, 3.05) is 20.6 Å². The predicted octanol–water partition coefficient (Wildman–Crippen LogP) is 4.30. The van der Waals surface area contributed by atoms with Gasteiger partial charge in [0.05, 0.1) is 0 Å². The zero-order valence-electron chi connectivity index (χ0n) is 15.1. The van der Waals surface area contributed by atoms with E-state index >= 15 is 0 Å². The largest absolute Gasteiger partial charge is 0.473 e. The average Bonchev–Trinajstić information content (AvgIpc) is 3.00. The summed E-state index contributed by atoms with van der Waals surface area (Å²) in [5.74, 6) is -3.65. The van der Waals surface area contributed by atoms with Crippen molar-refractivity contribution in [3.8, 4) is 11.1 Å². The van der Waals surface area contributed by atoms with E-state index in [9.17, 15) is 0 Å². The number of carbonyl (C=O) groups is 2. The lowest BCUT2D eigenvalue weighted by molar-refractivity contribution is -0.159. The molecule has 3 rings (SSSR count). The molecule has 0 spiro atoms. The highest BCUT2D eigenvalue weighted by Crippen LogP contribution is 2.39. The molecule has 2 N–H and O–H groups in total. The van der Waals surface area contributed by atoms with Crippen molar-refractivity contribution < 1.29 is 19.8 Å². The van der Waals surface area contributed by atoms with E-state index in [2.05, 4.69) is 85.7 Å². The van der Waals surface area contributed by atoms with Crippen LogP contribution in [0.15, 0.2) is 60.7 Å². The molecule has 140 valence electrons. The summed E-state index contributed by atoms with van der Waals surface area (Å²) in [6.07, 6.45) is 4.49. The number of likely N-dealkylation sites (N-methyl/N-ethyl adjacent to an activating group) is 1. The molecule has 0 unspecified atom stereocenters. The van der Waals surface area contributed by atoms with Gasteiger partial charge >= 0.3 is 11.9 Å². The molecule has 0 radical (unpaired) electrons. The van der Waals surface area contributed by atoms with Gasteiger partial charge in [0.25, 0.3) is 0 Å². The minimum atomic E-state index is -1.82. The Morgan fingerprint density at radius 2 is 1.56 bits per heavy atom. The molecule has 6 heteroatoms. The Morgan fingerprint density at radius 1 is 0.963 bits per heavy atom. The Kier molecular flexibility index (Phi) is 7.28. The second-order valence-corrected chi connectivity index (χ2v) is 7.06. The zero-order chi connectivity index (χ0) is 19.8. The summed E-state index contributed by atoms with van der Waals surface area (Å²) < 4.78 is 1.35. The molecule has 1 heterocycles. The van der Waals surface area contributed by atoms with Crippen LogP contribution in [-0.4, -0.2) is 47.7 Å². The average molecular weight is 383 g/mol. The number of fused-ring (bicyclic) bond motifs is 1. The van der Waals surface area contributed by atoms with Gasteiger partial charge in [0.1, 0.15) is 0 Å². The lowest BCUT2D eigenvalue weighted by Gasteiger charge is -2.04. The Hall–Kier alpha value is -2.96. The van der Waals surface area contributed by atoms with E-state index < -0.39 is 11.9 Å². The maximum absolute atomic E-state index is 9.10. The molecular formula is C21H21NO4S. The van der Waals surface area contributed by atoms with Crippen molar-refractivity contribution in [3.05, 3.63) is 65.6 Å². The summed E-state index contributed by atoms with van der Waals surface area (Å²) in [5.41, 5.74) is 2.64. The highest BCUT2D eigenvalue weighted by molar-refractivity contribution is 7.20. The van der Waals surface area contributed by atoms with Crippen LogP contribution in [-0.2, 0) is 9.59 Å². The van der Waals surface area contributed by atoms with Crippen LogP contribution in [0.1, 0.15) is 4.88 Å². The van der Waals surface area contributed by atoms with Crippen LogP contribution in [0.25, 0.3) is 27.3 Å². The first kappa shape index (κ1) is 20.4. The van der Waals surface area contributed by atoms with Crippen molar-refractivity contribution in [2.45, 2.75) is 0 Å². The maximum Gasteiger partial charge on any atom is 0.414 e. The quantitative estimate of drug-likeness (QED) is 0.657. The minimum absolute atomic E-state index is 0.961. The lowest BCUT2D eigenvalue weighted by Crippen LogP contribution is -2.10. The molecule has 0 aliphatic carbocycles. The lowest BCUT2D eigenvalue weighted by atomic mass is 10.0. The molecule has 0 aliphatic heterocycles. The van der Waals surface area contributed by atoms with Crippen LogP contribution in [0.4, 0.5) is 0 Å². The summed E-state index contributed by atoms with van der Waals surface area (Å²) >= 11 is 1.87. The first-order valence-corrected chi connectivity index (χ1v) is 9.06. The smallest absolute Gasteiger partial charge is 0.414 e. The van der Waals surface area contributed by atoms with Gasteiger partial charge in [0.2, 0.25) is 0 Å². The van der Waals surface area contributed by atoms with E-state index in [0.717, 1.165) is 6.54 Å². The second kappa shape index (κ2) is 9.66. The fourth-order valence-corrected chi connectivity index (χ4v) is 3.61. The Balaban J connectivity index is 0.000000380. The number of rotatable bonds is 4.